The molecule has 0 aliphatic carbocycles. The van der Waals surface area contributed by atoms with Gasteiger partial charge in [-0.25, -0.2) is 0 Å². The lowest BCUT2D eigenvalue weighted by Crippen LogP contribution is -2.07. The van der Waals surface area contributed by atoms with Crippen molar-refractivity contribution >= 4 is 28.5 Å². The van der Waals surface area contributed by atoms with Crippen LogP contribution in [0.2, 0.25) is 0 Å². The maximum absolute atomic E-state index is 12.0. The molecule has 1 aliphatic heterocycles. The first-order chi connectivity index (χ1) is 13.7. The summed E-state index contributed by atoms with van der Waals surface area (Å²) in [6, 6.07) is 12.4. The number of hydrogen-bond acceptors (Lipinski definition) is 7. The van der Waals surface area contributed by atoms with Crippen LogP contribution in [0.4, 0.5) is 5.13 Å². The lowest BCUT2D eigenvalue weighted by atomic mass is 10.2. The second-order valence-electron chi connectivity index (χ2n) is 5.75. The number of fused-ring (bicyclic) bond motifs is 1. The number of nitrogens with one attached hydrogen (secondary N) is 1. The van der Waals surface area contributed by atoms with Gasteiger partial charge in [0.1, 0.15) is 5.75 Å². The minimum absolute atomic E-state index is 0.116. The number of anilines is 1. The molecule has 8 heteroatoms. The van der Waals surface area contributed by atoms with E-state index in [1.807, 2.05) is 24.3 Å². The highest BCUT2D eigenvalue weighted by Crippen LogP contribution is 2.33. The Hall–Kier alpha value is -3.65. The van der Waals surface area contributed by atoms with E-state index in [1.54, 1.807) is 36.4 Å². The molecule has 4 rings (SSSR count). The molecule has 0 unspecified atom stereocenters. The minimum atomic E-state index is -0.324. The number of phenolic OH excluding ortho intramolecular Hbond substituents is 1. The number of amides is 1. The van der Waals surface area contributed by atoms with Crippen molar-refractivity contribution in [1.29, 1.82) is 0 Å². The summed E-state index contributed by atoms with van der Waals surface area (Å²) < 4.78 is 10.6. The molecule has 0 spiro atoms. The van der Waals surface area contributed by atoms with Crippen LogP contribution in [0.15, 0.2) is 60.7 Å². The second kappa shape index (κ2) is 7.93. The summed E-state index contributed by atoms with van der Waals surface area (Å²) in [4.78, 5) is 12.0. The van der Waals surface area contributed by atoms with Crippen LogP contribution in [0.3, 0.4) is 0 Å². The molecule has 0 bridgehead atoms. The highest BCUT2D eigenvalue weighted by atomic mass is 32.1. The summed E-state index contributed by atoms with van der Waals surface area (Å²) in [5, 5.41) is 21.3. The quantitative estimate of drug-likeness (QED) is 0.505. The van der Waals surface area contributed by atoms with E-state index < -0.39 is 0 Å². The molecule has 0 saturated heterocycles. The fourth-order valence-corrected chi connectivity index (χ4v) is 3.29. The minimum Gasteiger partial charge on any atom is -0.507 e. The molecular weight excluding hydrogens is 378 g/mol. The van der Waals surface area contributed by atoms with Crippen LogP contribution >= 0.6 is 11.3 Å². The third-order valence-electron chi connectivity index (χ3n) is 3.83. The van der Waals surface area contributed by atoms with E-state index >= 15 is 0 Å². The summed E-state index contributed by atoms with van der Waals surface area (Å²) in [6.07, 6.45) is 6.63. The highest BCUT2D eigenvalue weighted by molar-refractivity contribution is 7.18. The lowest BCUT2D eigenvalue weighted by molar-refractivity contribution is -0.111. The van der Waals surface area contributed by atoms with Crippen molar-refractivity contribution < 1.29 is 19.4 Å². The van der Waals surface area contributed by atoms with Crippen molar-refractivity contribution in [1.82, 2.24) is 10.2 Å². The standard InChI is InChI=1S/C20H15N3O4S/c24-15-7-3-2-6-14(15)19-22-23-20(28-19)21-18(25)8-4-1-5-13-9-10-16-17(11-13)27-12-26-16/h1-11,24H,12H2,(H,21,23,25)/b5-1+,8-4+. The topological polar surface area (TPSA) is 93.6 Å². The Labute approximate surface area is 164 Å². The molecule has 0 saturated carbocycles. The first-order valence-electron chi connectivity index (χ1n) is 8.36. The number of carbonyl (C=O) groups is 1. The summed E-state index contributed by atoms with van der Waals surface area (Å²) >= 11 is 1.18. The Morgan fingerprint density at radius 3 is 2.86 bits per heavy atom. The Bertz CT molecular complexity index is 1070. The number of aromatic hydroxyl groups is 1. The van der Waals surface area contributed by atoms with Gasteiger partial charge in [0.2, 0.25) is 17.8 Å². The average molecular weight is 393 g/mol. The predicted octanol–water partition coefficient (Wildman–Crippen LogP) is 3.85. The maximum atomic E-state index is 12.0. The van der Waals surface area contributed by atoms with Crippen LogP contribution in [0.25, 0.3) is 16.6 Å². The van der Waals surface area contributed by atoms with Gasteiger partial charge in [0.25, 0.3) is 0 Å². The predicted molar refractivity (Wildman–Crippen MR) is 106 cm³/mol. The zero-order valence-electron chi connectivity index (χ0n) is 14.5. The van der Waals surface area contributed by atoms with Crippen LogP contribution in [-0.2, 0) is 4.79 Å². The van der Waals surface area contributed by atoms with Gasteiger partial charge in [0.05, 0.1) is 5.56 Å². The van der Waals surface area contributed by atoms with Crippen LogP contribution in [0, 0.1) is 0 Å². The van der Waals surface area contributed by atoms with Crippen molar-refractivity contribution in [3.63, 3.8) is 0 Å². The summed E-state index contributed by atoms with van der Waals surface area (Å²) in [5.41, 5.74) is 1.51. The van der Waals surface area contributed by atoms with Crippen LogP contribution in [-0.4, -0.2) is 28.0 Å². The van der Waals surface area contributed by atoms with Crippen molar-refractivity contribution in [2.45, 2.75) is 0 Å². The van der Waals surface area contributed by atoms with Crippen molar-refractivity contribution in [2.75, 3.05) is 12.1 Å². The van der Waals surface area contributed by atoms with Crippen molar-refractivity contribution in [3.05, 3.63) is 66.3 Å². The Kier molecular flexibility index (Phi) is 5.03. The van der Waals surface area contributed by atoms with Crippen LogP contribution in [0.5, 0.6) is 17.2 Å². The molecule has 1 aliphatic rings. The van der Waals surface area contributed by atoms with Gasteiger partial charge in [0, 0.05) is 6.08 Å². The van der Waals surface area contributed by atoms with Gasteiger partial charge in [-0.2, -0.15) is 0 Å². The van der Waals surface area contributed by atoms with Gasteiger partial charge < -0.3 is 14.6 Å². The molecule has 28 heavy (non-hydrogen) atoms. The molecule has 2 heterocycles. The van der Waals surface area contributed by atoms with Crippen molar-refractivity contribution in [2.24, 2.45) is 0 Å². The number of ether oxygens (including phenoxy) is 2. The zero-order valence-corrected chi connectivity index (χ0v) is 15.3. The molecule has 3 aromatic rings. The first-order valence-corrected chi connectivity index (χ1v) is 9.18. The fourth-order valence-electron chi connectivity index (χ4n) is 2.51. The van der Waals surface area contributed by atoms with Gasteiger partial charge in [-0.3, -0.25) is 10.1 Å². The summed E-state index contributed by atoms with van der Waals surface area (Å²) in [7, 11) is 0. The average Bonchev–Trinajstić information content (AvgIpc) is 3.34. The number of carbonyl (C=O) groups excluding carboxylic acids is 1. The van der Waals surface area contributed by atoms with E-state index in [0.29, 0.717) is 21.5 Å². The first kappa shape index (κ1) is 17.7. The Morgan fingerprint density at radius 2 is 1.96 bits per heavy atom. The smallest absolute Gasteiger partial charge is 0.250 e. The molecule has 2 N–H and O–H groups in total. The second-order valence-corrected chi connectivity index (χ2v) is 6.73. The van der Waals surface area contributed by atoms with E-state index in [9.17, 15) is 9.90 Å². The SMILES string of the molecule is O=C(/C=C/C=C/c1ccc2c(c1)OCO2)Nc1nnc(-c2ccccc2O)s1. The number of para-hydroxylation sites is 1. The molecule has 1 amide bonds. The molecule has 1 aromatic heterocycles. The maximum Gasteiger partial charge on any atom is 0.250 e. The third kappa shape index (κ3) is 4.02. The molecule has 7 nitrogen and oxygen atoms in total. The van der Waals surface area contributed by atoms with Gasteiger partial charge in [-0.15, -0.1) is 10.2 Å². The number of rotatable bonds is 5. The summed E-state index contributed by atoms with van der Waals surface area (Å²) in [5.74, 6) is 1.23. The Balaban J connectivity index is 1.35. The van der Waals surface area contributed by atoms with Crippen molar-refractivity contribution in [3.8, 4) is 27.8 Å². The Morgan fingerprint density at radius 1 is 1.11 bits per heavy atom. The molecule has 2 aromatic carbocycles. The number of benzene rings is 2. The molecule has 0 fully saturated rings. The fraction of sp³-hybridized carbons (Fsp3) is 0.0500. The van der Waals surface area contributed by atoms with Crippen LogP contribution in [0.1, 0.15) is 5.56 Å². The monoisotopic (exact) mass is 393 g/mol. The molecular formula is C20H15N3O4S. The zero-order chi connectivity index (χ0) is 19.3. The van der Waals surface area contributed by atoms with Gasteiger partial charge in [0.15, 0.2) is 16.5 Å². The van der Waals surface area contributed by atoms with E-state index in [2.05, 4.69) is 15.5 Å². The number of nitrogens with zero attached hydrogens (tertiary/aromatic N) is 2. The number of aromatic nitrogens is 2. The largest absolute Gasteiger partial charge is 0.507 e. The van der Waals surface area contributed by atoms with E-state index in [1.165, 1.54) is 17.4 Å². The molecule has 0 atom stereocenters. The van der Waals surface area contributed by atoms with Crippen LogP contribution < -0.4 is 14.8 Å². The number of phenols is 1. The molecule has 0 radical (unpaired) electrons. The third-order valence-corrected chi connectivity index (χ3v) is 4.71. The normalized spacial score (nSPS) is 12.7. The summed E-state index contributed by atoms with van der Waals surface area (Å²) in [6.45, 7) is 0.236. The van der Waals surface area contributed by atoms with Gasteiger partial charge >= 0.3 is 0 Å². The number of allylic oxidation sites excluding steroid dienone is 2. The van der Waals surface area contributed by atoms with E-state index in [0.717, 1.165) is 11.3 Å². The van der Waals surface area contributed by atoms with E-state index in [4.69, 9.17) is 9.47 Å². The van der Waals surface area contributed by atoms with E-state index in [-0.39, 0.29) is 18.4 Å². The number of hydrogen-bond donors (Lipinski definition) is 2. The molecule has 140 valence electrons. The highest BCUT2D eigenvalue weighted by Gasteiger charge is 2.12. The van der Waals surface area contributed by atoms with Gasteiger partial charge in [-0.05, 0) is 29.8 Å². The lowest BCUT2D eigenvalue weighted by Gasteiger charge is -1.98. The van der Waals surface area contributed by atoms with Gasteiger partial charge in [-0.1, -0.05) is 47.8 Å².